The van der Waals surface area contributed by atoms with E-state index in [-0.39, 0.29) is 11.9 Å². The number of carbonyl (C=O) groups is 1. The zero-order valence-corrected chi connectivity index (χ0v) is 14.2. The minimum atomic E-state index is -0.0604. The Balaban J connectivity index is 1.44. The molecule has 1 atom stereocenters. The molecule has 25 heavy (non-hydrogen) atoms. The predicted octanol–water partition coefficient (Wildman–Crippen LogP) is 3.71. The van der Waals surface area contributed by atoms with Gasteiger partial charge in [0.1, 0.15) is 11.6 Å². The van der Waals surface area contributed by atoms with Crippen LogP contribution in [0, 0.1) is 6.92 Å². The number of rotatable bonds is 3. The molecule has 1 saturated heterocycles. The number of amides is 1. The van der Waals surface area contributed by atoms with Gasteiger partial charge in [0.25, 0.3) is 5.91 Å². The number of imidazole rings is 1. The van der Waals surface area contributed by atoms with Gasteiger partial charge in [-0.05, 0) is 50.3 Å². The van der Waals surface area contributed by atoms with E-state index >= 15 is 0 Å². The Labute approximate surface area is 145 Å². The van der Waals surface area contributed by atoms with E-state index in [1.807, 2.05) is 17.0 Å². The molecule has 1 unspecified atom stereocenters. The van der Waals surface area contributed by atoms with Gasteiger partial charge in [-0.1, -0.05) is 11.2 Å². The van der Waals surface area contributed by atoms with Crippen molar-refractivity contribution in [3.63, 3.8) is 0 Å². The molecule has 128 valence electrons. The van der Waals surface area contributed by atoms with Crippen molar-refractivity contribution in [3.8, 4) is 0 Å². The van der Waals surface area contributed by atoms with Gasteiger partial charge in [-0.2, -0.15) is 0 Å². The summed E-state index contributed by atoms with van der Waals surface area (Å²) in [4.78, 5) is 22.9. The van der Waals surface area contributed by atoms with Crippen LogP contribution in [0.25, 0.3) is 11.0 Å². The largest absolute Gasteiger partial charge is 0.360 e. The minimum Gasteiger partial charge on any atom is -0.360 e. The second kappa shape index (κ2) is 5.44. The molecule has 0 radical (unpaired) electrons. The number of nitrogens with zero attached hydrogens (tertiary/aromatic N) is 3. The van der Waals surface area contributed by atoms with E-state index in [0.29, 0.717) is 11.6 Å². The molecule has 1 saturated carbocycles. The number of H-pyrrole nitrogens is 1. The number of aromatic amines is 1. The molecule has 2 fully saturated rings. The van der Waals surface area contributed by atoms with Gasteiger partial charge in [-0.3, -0.25) is 4.79 Å². The van der Waals surface area contributed by atoms with Crippen molar-refractivity contribution < 1.29 is 9.32 Å². The average molecular weight is 336 g/mol. The summed E-state index contributed by atoms with van der Waals surface area (Å²) in [7, 11) is 0. The summed E-state index contributed by atoms with van der Waals surface area (Å²) in [5.41, 5.74) is 3.57. The summed E-state index contributed by atoms with van der Waals surface area (Å²) in [5, 5.41) is 4.01. The second-order valence-corrected chi connectivity index (χ2v) is 7.19. The number of aryl methyl sites for hydroxylation is 1. The Hall–Kier alpha value is -2.63. The van der Waals surface area contributed by atoms with Gasteiger partial charge in [0.2, 0.25) is 0 Å². The molecule has 0 spiro atoms. The highest BCUT2D eigenvalue weighted by atomic mass is 16.5. The molecule has 6 heteroatoms. The van der Waals surface area contributed by atoms with E-state index in [4.69, 9.17) is 9.51 Å². The number of hydrogen-bond acceptors (Lipinski definition) is 4. The summed E-state index contributed by atoms with van der Waals surface area (Å²) in [6, 6.07) is 7.95. The summed E-state index contributed by atoms with van der Waals surface area (Å²) < 4.78 is 5.35. The van der Waals surface area contributed by atoms with Gasteiger partial charge < -0.3 is 14.4 Å². The van der Waals surface area contributed by atoms with Crippen molar-refractivity contribution in [1.82, 2.24) is 20.0 Å². The fraction of sp³-hybridized carbons (Fsp3) is 0.421. The third-order valence-corrected chi connectivity index (χ3v) is 5.21. The molecule has 2 aromatic heterocycles. The number of nitrogens with one attached hydrogen (secondary N) is 1. The zero-order valence-electron chi connectivity index (χ0n) is 14.2. The maximum Gasteiger partial charge on any atom is 0.276 e. The fourth-order valence-electron chi connectivity index (χ4n) is 3.69. The maximum absolute atomic E-state index is 12.9. The fourth-order valence-corrected chi connectivity index (χ4v) is 3.69. The van der Waals surface area contributed by atoms with Crippen molar-refractivity contribution in [1.29, 1.82) is 0 Å². The van der Waals surface area contributed by atoms with E-state index < -0.39 is 0 Å². The molecule has 1 aromatic carbocycles. The van der Waals surface area contributed by atoms with E-state index in [0.717, 1.165) is 54.8 Å². The first-order valence-corrected chi connectivity index (χ1v) is 8.93. The summed E-state index contributed by atoms with van der Waals surface area (Å²) in [5.74, 6) is 2.10. The topological polar surface area (TPSA) is 75.0 Å². The first-order valence-electron chi connectivity index (χ1n) is 8.93. The SMILES string of the molecule is Cc1ccc2nc(C3CCCN3C(=O)c3cc(C4CC4)on3)[nH]c2c1. The smallest absolute Gasteiger partial charge is 0.276 e. The van der Waals surface area contributed by atoms with Crippen molar-refractivity contribution in [3.05, 3.63) is 47.1 Å². The number of hydrogen-bond donors (Lipinski definition) is 1. The van der Waals surface area contributed by atoms with Crippen molar-refractivity contribution in [2.75, 3.05) is 6.54 Å². The Morgan fingerprint density at radius 3 is 3.00 bits per heavy atom. The van der Waals surface area contributed by atoms with Crippen LogP contribution in [-0.4, -0.2) is 32.5 Å². The predicted molar refractivity (Wildman–Crippen MR) is 92.3 cm³/mol. The number of benzene rings is 1. The molecular weight excluding hydrogens is 316 g/mol. The van der Waals surface area contributed by atoms with Crippen LogP contribution in [0.1, 0.15) is 65.3 Å². The highest BCUT2D eigenvalue weighted by molar-refractivity contribution is 5.92. The number of likely N-dealkylation sites (tertiary alicyclic amines) is 1. The maximum atomic E-state index is 12.9. The third kappa shape index (κ3) is 2.52. The van der Waals surface area contributed by atoms with E-state index in [2.05, 4.69) is 29.2 Å². The lowest BCUT2D eigenvalue weighted by molar-refractivity contribution is 0.0720. The van der Waals surface area contributed by atoms with Crippen LogP contribution >= 0.6 is 0 Å². The van der Waals surface area contributed by atoms with Gasteiger partial charge in [0.05, 0.1) is 17.1 Å². The number of aromatic nitrogens is 3. The molecule has 2 aliphatic rings. The Kier molecular flexibility index (Phi) is 3.20. The van der Waals surface area contributed by atoms with E-state index in [1.54, 1.807) is 0 Å². The quantitative estimate of drug-likeness (QED) is 0.791. The van der Waals surface area contributed by atoms with E-state index in [1.165, 1.54) is 5.56 Å². The monoisotopic (exact) mass is 336 g/mol. The molecular formula is C19H20N4O2. The molecule has 5 rings (SSSR count). The normalized spacial score (nSPS) is 20.5. The molecule has 6 nitrogen and oxygen atoms in total. The van der Waals surface area contributed by atoms with Crippen LogP contribution in [0.2, 0.25) is 0 Å². The van der Waals surface area contributed by atoms with Crippen LogP contribution in [0.5, 0.6) is 0 Å². The lowest BCUT2D eigenvalue weighted by Crippen LogP contribution is -2.31. The van der Waals surface area contributed by atoms with Gasteiger partial charge in [-0.25, -0.2) is 4.98 Å². The molecule has 3 heterocycles. The van der Waals surface area contributed by atoms with Crippen molar-refractivity contribution in [2.24, 2.45) is 0 Å². The van der Waals surface area contributed by atoms with Gasteiger partial charge in [0.15, 0.2) is 5.69 Å². The Morgan fingerprint density at radius 2 is 2.16 bits per heavy atom. The first kappa shape index (κ1) is 14.7. The van der Waals surface area contributed by atoms with Crippen molar-refractivity contribution in [2.45, 2.75) is 44.6 Å². The van der Waals surface area contributed by atoms with E-state index in [9.17, 15) is 4.79 Å². The highest BCUT2D eigenvalue weighted by Gasteiger charge is 2.35. The number of carbonyl (C=O) groups excluding carboxylic acids is 1. The molecule has 3 aromatic rings. The second-order valence-electron chi connectivity index (χ2n) is 7.19. The van der Waals surface area contributed by atoms with Crippen LogP contribution < -0.4 is 0 Å². The van der Waals surface area contributed by atoms with Crippen LogP contribution in [0.15, 0.2) is 28.8 Å². The standard InChI is InChI=1S/C19H20N4O2/c1-11-4-7-13-14(9-11)21-18(20-13)16-3-2-8-23(16)19(24)15-10-17(25-22-15)12-5-6-12/h4,7,9-10,12,16H,2-3,5-6,8H2,1H3,(H,20,21). The molecule has 1 amide bonds. The van der Waals surface area contributed by atoms with Gasteiger partial charge >= 0.3 is 0 Å². The van der Waals surface area contributed by atoms with Crippen LogP contribution in [-0.2, 0) is 0 Å². The first-order chi connectivity index (χ1) is 12.2. The molecule has 0 bridgehead atoms. The van der Waals surface area contributed by atoms with Gasteiger partial charge in [-0.15, -0.1) is 0 Å². The van der Waals surface area contributed by atoms with Crippen LogP contribution in [0.3, 0.4) is 0 Å². The molecule has 1 aliphatic carbocycles. The minimum absolute atomic E-state index is 0.0266. The summed E-state index contributed by atoms with van der Waals surface area (Å²) in [6.45, 7) is 2.79. The lowest BCUT2D eigenvalue weighted by atomic mass is 10.2. The zero-order chi connectivity index (χ0) is 17.0. The van der Waals surface area contributed by atoms with Gasteiger partial charge in [0, 0.05) is 18.5 Å². The van der Waals surface area contributed by atoms with Crippen LogP contribution in [0.4, 0.5) is 0 Å². The molecule has 1 aliphatic heterocycles. The van der Waals surface area contributed by atoms with Crippen molar-refractivity contribution >= 4 is 16.9 Å². The Morgan fingerprint density at radius 1 is 1.28 bits per heavy atom. The lowest BCUT2D eigenvalue weighted by Gasteiger charge is -2.21. The third-order valence-electron chi connectivity index (χ3n) is 5.21. The highest BCUT2D eigenvalue weighted by Crippen LogP contribution is 2.40. The summed E-state index contributed by atoms with van der Waals surface area (Å²) in [6.07, 6.45) is 4.15. The molecule has 1 N–H and O–H groups in total. The number of fused-ring (bicyclic) bond motifs is 1. The summed E-state index contributed by atoms with van der Waals surface area (Å²) >= 11 is 0. The Bertz CT molecular complexity index is 953. The average Bonchev–Trinajstić information content (AvgIpc) is 3.05.